The van der Waals surface area contributed by atoms with Crippen LogP contribution in [0.15, 0.2) is 24.3 Å². The van der Waals surface area contributed by atoms with Gasteiger partial charge in [-0.15, -0.1) is 10.2 Å². The smallest absolute Gasteiger partial charge is 0.308 e. The van der Waals surface area contributed by atoms with Gasteiger partial charge in [-0.2, -0.15) is 0 Å². The molecule has 0 saturated carbocycles. The molecule has 0 aliphatic rings. The quantitative estimate of drug-likeness (QED) is 0.668. The highest BCUT2D eigenvalue weighted by Gasteiger charge is 2.08. The summed E-state index contributed by atoms with van der Waals surface area (Å²) in [5, 5.41) is 15.2. The first kappa shape index (κ1) is 17.4. The molecule has 2 N–H and O–H groups in total. The standard InChI is InChI=1S/C17H24N4OS/c1-3-4-5-6-7-8-15-20-21-17(23-15)19-16(22)18-14-11-9-13(2)10-12-14/h9-12H,3-8H2,1-2H3,(H2,18,19,21,22). The van der Waals surface area contributed by atoms with Crippen molar-refractivity contribution in [1.82, 2.24) is 10.2 Å². The number of urea groups is 1. The zero-order valence-electron chi connectivity index (χ0n) is 13.8. The molecule has 1 heterocycles. The maximum Gasteiger partial charge on any atom is 0.325 e. The third-order valence-corrected chi connectivity index (χ3v) is 4.39. The molecule has 1 aromatic carbocycles. The molecule has 23 heavy (non-hydrogen) atoms. The molecule has 0 fully saturated rings. The van der Waals surface area contributed by atoms with Crippen LogP contribution in [-0.2, 0) is 6.42 Å². The van der Waals surface area contributed by atoms with E-state index in [0.29, 0.717) is 5.13 Å². The number of rotatable bonds is 8. The lowest BCUT2D eigenvalue weighted by molar-refractivity contribution is 0.262. The van der Waals surface area contributed by atoms with Crippen molar-refractivity contribution in [2.24, 2.45) is 0 Å². The van der Waals surface area contributed by atoms with Crippen LogP contribution in [0.25, 0.3) is 0 Å². The molecule has 0 unspecified atom stereocenters. The fourth-order valence-electron chi connectivity index (χ4n) is 2.18. The Morgan fingerprint density at radius 2 is 1.78 bits per heavy atom. The number of benzene rings is 1. The number of anilines is 2. The highest BCUT2D eigenvalue weighted by Crippen LogP contribution is 2.18. The fourth-order valence-corrected chi connectivity index (χ4v) is 2.96. The average Bonchev–Trinajstić information content (AvgIpc) is 2.96. The maximum absolute atomic E-state index is 11.9. The third-order valence-electron chi connectivity index (χ3n) is 3.49. The van der Waals surface area contributed by atoms with E-state index in [1.54, 1.807) is 0 Å². The van der Waals surface area contributed by atoms with Gasteiger partial charge in [0.25, 0.3) is 0 Å². The van der Waals surface area contributed by atoms with Crippen LogP contribution in [0.5, 0.6) is 0 Å². The molecule has 0 aliphatic heterocycles. The van der Waals surface area contributed by atoms with E-state index in [-0.39, 0.29) is 6.03 Å². The second-order valence-electron chi connectivity index (χ2n) is 5.61. The monoisotopic (exact) mass is 332 g/mol. The number of amides is 2. The first-order valence-corrected chi connectivity index (χ1v) is 8.96. The number of carbonyl (C=O) groups is 1. The molecule has 2 rings (SSSR count). The fraction of sp³-hybridized carbons (Fsp3) is 0.471. The zero-order chi connectivity index (χ0) is 16.5. The molecule has 0 saturated heterocycles. The van der Waals surface area contributed by atoms with Crippen LogP contribution in [0, 0.1) is 6.92 Å². The highest BCUT2D eigenvalue weighted by molar-refractivity contribution is 7.15. The van der Waals surface area contributed by atoms with Gasteiger partial charge in [0, 0.05) is 12.1 Å². The van der Waals surface area contributed by atoms with Crippen molar-refractivity contribution < 1.29 is 4.79 Å². The molecule has 2 aromatic rings. The normalized spacial score (nSPS) is 10.5. The Hall–Kier alpha value is -1.95. The Kier molecular flexibility index (Phi) is 7.00. The number of unbranched alkanes of at least 4 members (excludes halogenated alkanes) is 4. The Labute approximate surface area is 141 Å². The summed E-state index contributed by atoms with van der Waals surface area (Å²) in [6.07, 6.45) is 7.11. The third kappa shape index (κ3) is 6.36. The number of hydrogen-bond donors (Lipinski definition) is 2. The summed E-state index contributed by atoms with van der Waals surface area (Å²) < 4.78 is 0. The predicted molar refractivity (Wildman–Crippen MR) is 96.2 cm³/mol. The molecule has 0 aliphatic carbocycles. The molecular formula is C17H24N4OS. The number of carbonyl (C=O) groups excluding carboxylic acids is 1. The van der Waals surface area contributed by atoms with Crippen LogP contribution in [0.3, 0.4) is 0 Å². The van der Waals surface area contributed by atoms with E-state index >= 15 is 0 Å². The van der Waals surface area contributed by atoms with Gasteiger partial charge in [-0.05, 0) is 25.5 Å². The van der Waals surface area contributed by atoms with Crippen LogP contribution in [-0.4, -0.2) is 16.2 Å². The van der Waals surface area contributed by atoms with Crippen molar-refractivity contribution in [2.75, 3.05) is 10.6 Å². The van der Waals surface area contributed by atoms with Crippen molar-refractivity contribution in [3.05, 3.63) is 34.8 Å². The van der Waals surface area contributed by atoms with Crippen LogP contribution >= 0.6 is 11.3 Å². The van der Waals surface area contributed by atoms with Gasteiger partial charge in [0.05, 0.1) is 0 Å². The molecule has 0 spiro atoms. The number of hydrogen-bond acceptors (Lipinski definition) is 4. The summed E-state index contributed by atoms with van der Waals surface area (Å²) in [5.41, 5.74) is 1.91. The van der Waals surface area contributed by atoms with Gasteiger partial charge < -0.3 is 5.32 Å². The van der Waals surface area contributed by atoms with Crippen LogP contribution in [0.4, 0.5) is 15.6 Å². The van der Waals surface area contributed by atoms with Gasteiger partial charge >= 0.3 is 6.03 Å². The van der Waals surface area contributed by atoms with Gasteiger partial charge in [0.15, 0.2) is 0 Å². The summed E-state index contributed by atoms with van der Waals surface area (Å²) >= 11 is 1.44. The number of nitrogens with zero attached hydrogens (tertiary/aromatic N) is 2. The summed E-state index contributed by atoms with van der Waals surface area (Å²) in [4.78, 5) is 11.9. The molecular weight excluding hydrogens is 308 g/mol. The van der Waals surface area contributed by atoms with Crippen molar-refractivity contribution in [3.8, 4) is 0 Å². The summed E-state index contributed by atoms with van der Waals surface area (Å²) in [5.74, 6) is 0. The molecule has 124 valence electrons. The summed E-state index contributed by atoms with van der Waals surface area (Å²) in [6, 6.07) is 7.36. The van der Waals surface area contributed by atoms with Crippen molar-refractivity contribution >= 4 is 28.2 Å². The highest BCUT2D eigenvalue weighted by atomic mass is 32.1. The average molecular weight is 332 g/mol. The van der Waals surface area contributed by atoms with Gasteiger partial charge in [-0.25, -0.2) is 4.79 Å². The van der Waals surface area contributed by atoms with Crippen molar-refractivity contribution in [2.45, 2.75) is 52.4 Å². The first-order valence-electron chi connectivity index (χ1n) is 8.14. The van der Waals surface area contributed by atoms with Crippen molar-refractivity contribution in [3.63, 3.8) is 0 Å². The molecule has 0 radical (unpaired) electrons. The van der Waals surface area contributed by atoms with Gasteiger partial charge in [-0.3, -0.25) is 5.32 Å². The van der Waals surface area contributed by atoms with Crippen LogP contribution in [0.2, 0.25) is 0 Å². The molecule has 5 nitrogen and oxygen atoms in total. The van der Waals surface area contributed by atoms with E-state index in [1.165, 1.54) is 37.0 Å². The lowest BCUT2D eigenvalue weighted by Crippen LogP contribution is -2.19. The summed E-state index contributed by atoms with van der Waals surface area (Å²) in [7, 11) is 0. The van der Waals surface area contributed by atoms with E-state index in [9.17, 15) is 4.79 Å². The van der Waals surface area contributed by atoms with Gasteiger partial charge in [0.1, 0.15) is 5.01 Å². The molecule has 2 amide bonds. The minimum atomic E-state index is -0.292. The van der Waals surface area contributed by atoms with Gasteiger partial charge in [-0.1, -0.05) is 61.6 Å². The SMILES string of the molecule is CCCCCCCc1nnc(NC(=O)Nc2ccc(C)cc2)s1. The number of aromatic nitrogens is 2. The molecule has 6 heteroatoms. The minimum absolute atomic E-state index is 0.292. The second-order valence-corrected chi connectivity index (χ2v) is 6.67. The summed E-state index contributed by atoms with van der Waals surface area (Å²) in [6.45, 7) is 4.22. The first-order chi connectivity index (χ1) is 11.2. The molecule has 1 aromatic heterocycles. The number of nitrogens with one attached hydrogen (secondary N) is 2. The maximum atomic E-state index is 11.9. The Balaban J connectivity index is 1.74. The predicted octanol–water partition coefficient (Wildman–Crippen LogP) is 5.00. The van der Waals surface area contributed by atoms with E-state index in [0.717, 1.165) is 29.1 Å². The van der Waals surface area contributed by atoms with E-state index < -0.39 is 0 Å². The topological polar surface area (TPSA) is 66.9 Å². The van der Waals surface area contributed by atoms with Crippen LogP contribution in [0.1, 0.15) is 49.6 Å². The van der Waals surface area contributed by atoms with Gasteiger partial charge in [0.2, 0.25) is 5.13 Å². The minimum Gasteiger partial charge on any atom is -0.308 e. The Morgan fingerprint density at radius 1 is 1.04 bits per heavy atom. The van der Waals surface area contributed by atoms with E-state index in [1.807, 2.05) is 31.2 Å². The van der Waals surface area contributed by atoms with E-state index in [4.69, 9.17) is 0 Å². The van der Waals surface area contributed by atoms with E-state index in [2.05, 4.69) is 27.8 Å². The lowest BCUT2D eigenvalue weighted by atomic mass is 10.1. The zero-order valence-corrected chi connectivity index (χ0v) is 14.6. The van der Waals surface area contributed by atoms with Crippen LogP contribution < -0.4 is 10.6 Å². The van der Waals surface area contributed by atoms with Crippen molar-refractivity contribution in [1.29, 1.82) is 0 Å². The lowest BCUT2D eigenvalue weighted by Gasteiger charge is -2.05. The molecule has 0 bridgehead atoms. The Bertz CT molecular complexity index is 609. The number of aryl methyl sites for hydroxylation is 2. The largest absolute Gasteiger partial charge is 0.325 e. The molecule has 0 atom stereocenters. The second kappa shape index (κ2) is 9.25. The Morgan fingerprint density at radius 3 is 2.52 bits per heavy atom.